The first kappa shape index (κ1) is 13.1. The van der Waals surface area contributed by atoms with E-state index in [4.69, 9.17) is 10.9 Å². The third-order valence-corrected chi connectivity index (χ3v) is 3.17. The molecule has 102 valence electrons. The lowest BCUT2D eigenvalue weighted by Gasteiger charge is -2.19. The molecule has 1 unspecified atom stereocenters. The summed E-state index contributed by atoms with van der Waals surface area (Å²) in [5.41, 5.74) is 5.68. The quantitative estimate of drug-likeness (QED) is 0.276. The van der Waals surface area contributed by atoms with E-state index in [2.05, 4.69) is 17.1 Å². The van der Waals surface area contributed by atoms with Gasteiger partial charge in [-0.1, -0.05) is 12.1 Å². The summed E-state index contributed by atoms with van der Waals surface area (Å²) in [4.78, 5) is 16.3. The molecule has 2 heterocycles. The van der Waals surface area contributed by atoms with E-state index >= 15 is 0 Å². The maximum absolute atomic E-state index is 10.8. The Kier molecular flexibility index (Phi) is 3.50. The molecule has 1 aliphatic rings. The Hall–Kier alpha value is -2.38. The van der Waals surface area contributed by atoms with Crippen LogP contribution < -0.4 is 10.6 Å². The van der Waals surface area contributed by atoms with Crippen molar-refractivity contribution in [2.24, 2.45) is 16.8 Å². The van der Waals surface area contributed by atoms with Gasteiger partial charge in [0.2, 0.25) is 0 Å². The molecule has 0 bridgehead atoms. The van der Waals surface area contributed by atoms with Crippen molar-refractivity contribution in [3.05, 3.63) is 27.9 Å². The van der Waals surface area contributed by atoms with Crippen LogP contribution in [0.25, 0.3) is 0 Å². The average Bonchev–Trinajstić information content (AvgIpc) is 2.83. The molecular formula is C11H15N5O3. The van der Waals surface area contributed by atoms with Crippen LogP contribution in [0.1, 0.15) is 18.9 Å². The van der Waals surface area contributed by atoms with Crippen molar-refractivity contribution in [1.29, 1.82) is 0 Å². The highest BCUT2D eigenvalue weighted by molar-refractivity contribution is 6.02. The average molecular weight is 265 g/mol. The fourth-order valence-corrected chi connectivity index (χ4v) is 2.17. The lowest BCUT2D eigenvalue weighted by molar-refractivity contribution is -0.385. The number of amidine groups is 1. The minimum absolute atomic E-state index is 0.175. The first-order valence-corrected chi connectivity index (χ1v) is 5.90. The third kappa shape index (κ3) is 2.56. The second kappa shape index (κ2) is 5.09. The van der Waals surface area contributed by atoms with Crippen LogP contribution in [0.3, 0.4) is 0 Å². The molecule has 0 radical (unpaired) electrons. The number of oxime groups is 1. The first-order chi connectivity index (χ1) is 9.02. The predicted octanol–water partition coefficient (Wildman–Crippen LogP) is 0.931. The summed E-state index contributed by atoms with van der Waals surface area (Å²) >= 11 is 0. The van der Waals surface area contributed by atoms with Crippen molar-refractivity contribution in [1.82, 2.24) is 4.98 Å². The molecule has 8 nitrogen and oxygen atoms in total. The van der Waals surface area contributed by atoms with Crippen LogP contribution >= 0.6 is 0 Å². The number of hydrogen-bond donors (Lipinski definition) is 2. The lowest BCUT2D eigenvalue weighted by Crippen LogP contribution is -2.25. The number of nitrogens with two attached hydrogens (primary N) is 1. The van der Waals surface area contributed by atoms with Gasteiger partial charge in [0, 0.05) is 19.2 Å². The Bertz CT molecular complexity index is 531. The van der Waals surface area contributed by atoms with Gasteiger partial charge >= 0.3 is 0 Å². The van der Waals surface area contributed by atoms with E-state index < -0.39 is 4.92 Å². The van der Waals surface area contributed by atoms with Crippen LogP contribution in [-0.4, -0.2) is 34.0 Å². The highest BCUT2D eigenvalue weighted by Crippen LogP contribution is 2.27. The molecule has 0 saturated carbocycles. The molecule has 19 heavy (non-hydrogen) atoms. The maximum atomic E-state index is 10.8. The number of pyridine rings is 1. The first-order valence-electron chi connectivity index (χ1n) is 5.90. The topological polar surface area (TPSA) is 118 Å². The van der Waals surface area contributed by atoms with Gasteiger partial charge in [0.25, 0.3) is 5.69 Å². The molecule has 1 saturated heterocycles. The normalized spacial score (nSPS) is 19.7. The summed E-state index contributed by atoms with van der Waals surface area (Å²) < 4.78 is 0. The summed E-state index contributed by atoms with van der Waals surface area (Å²) in [5.74, 6) is 0.869. The second-order valence-corrected chi connectivity index (χ2v) is 4.65. The van der Waals surface area contributed by atoms with Crippen LogP contribution in [0.2, 0.25) is 0 Å². The van der Waals surface area contributed by atoms with Crippen LogP contribution in [-0.2, 0) is 0 Å². The SMILES string of the molecule is CC1CCN(c2ncc([N+](=O)[O-])cc2/C(N)=N/O)C1. The van der Waals surface area contributed by atoms with Crippen LogP contribution in [0, 0.1) is 16.0 Å². The van der Waals surface area contributed by atoms with Crippen molar-refractivity contribution in [2.45, 2.75) is 13.3 Å². The Balaban J connectivity index is 2.45. The lowest BCUT2D eigenvalue weighted by atomic mass is 10.2. The van der Waals surface area contributed by atoms with Gasteiger partial charge in [0.15, 0.2) is 5.84 Å². The zero-order chi connectivity index (χ0) is 14.0. The van der Waals surface area contributed by atoms with E-state index in [1.807, 2.05) is 4.90 Å². The summed E-state index contributed by atoms with van der Waals surface area (Å²) in [6.07, 6.45) is 2.21. The smallest absolute Gasteiger partial charge is 0.288 e. The summed E-state index contributed by atoms with van der Waals surface area (Å²) in [7, 11) is 0. The van der Waals surface area contributed by atoms with E-state index in [0.29, 0.717) is 11.7 Å². The minimum atomic E-state index is -0.558. The van der Waals surface area contributed by atoms with Gasteiger partial charge in [-0.05, 0) is 12.3 Å². The molecule has 1 fully saturated rings. The number of hydrogen-bond acceptors (Lipinski definition) is 6. The van der Waals surface area contributed by atoms with E-state index in [9.17, 15) is 10.1 Å². The van der Waals surface area contributed by atoms with E-state index in [1.165, 1.54) is 12.3 Å². The molecule has 3 N–H and O–H groups in total. The zero-order valence-electron chi connectivity index (χ0n) is 10.5. The molecule has 1 atom stereocenters. The summed E-state index contributed by atoms with van der Waals surface area (Å²) in [6, 6.07) is 1.28. The fraction of sp³-hybridized carbons (Fsp3) is 0.455. The second-order valence-electron chi connectivity index (χ2n) is 4.65. The number of nitrogens with zero attached hydrogens (tertiary/aromatic N) is 4. The molecule has 2 rings (SSSR count). The van der Waals surface area contributed by atoms with Crippen LogP contribution in [0.5, 0.6) is 0 Å². The van der Waals surface area contributed by atoms with Crippen LogP contribution in [0.4, 0.5) is 11.5 Å². The highest BCUT2D eigenvalue weighted by Gasteiger charge is 2.25. The third-order valence-electron chi connectivity index (χ3n) is 3.17. The number of rotatable bonds is 3. The molecule has 1 aliphatic heterocycles. The van der Waals surface area contributed by atoms with E-state index in [-0.39, 0.29) is 17.1 Å². The maximum Gasteiger partial charge on any atom is 0.288 e. The number of aromatic nitrogens is 1. The molecular weight excluding hydrogens is 250 g/mol. The van der Waals surface area contributed by atoms with Crippen molar-refractivity contribution in [2.75, 3.05) is 18.0 Å². The van der Waals surface area contributed by atoms with Crippen LogP contribution in [0.15, 0.2) is 17.4 Å². The van der Waals surface area contributed by atoms with Crippen molar-refractivity contribution in [3.63, 3.8) is 0 Å². The van der Waals surface area contributed by atoms with E-state index in [1.54, 1.807) is 0 Å². The van der Waals surface area contributed by atoms with Crippen molar-refractivity contribution < 1.29 is 10.1 Å². The van der Waals surface area contributed by atoms with E-state index in [0.717, 1.165) is 19.5 Å². The fourth-order valence-electron chi connectivity index (χ4n) is 2.17. The highest BCUT2D eigenvalue weighted by atomic mass is 16.6. The van der Waals surface area contributed by atoms with Gasteiger partial charge in [-0.25, -0.2) is 4.98 Å². The Morgan fingerprint density at radius 2 is 2.47 bits per heavy atom. The Labute approximate surface area is 109 Å². The summed E-state index contributed by atoms with van der Waals surface area (Å²) in [5, 5.41) is 22.5. The molecule has 1 aromatic heterocycles. The summed E-state index contributed by atoms with van der Waals surface area (Å²) in [6.45, 7) is 3.72. The van der Waals surface area contributed by atoms with Gasteiger partial charge < -0.3 is 15.8 Å². The largest absolute Gasteiger partial charge is 0.409 e. The number of anilines is 1. The molecule has 0 spiro atoms. The van der Waals surface area contributed by atoms with Gasteiger partial charge in [0.1, 0.15) is 12.0 Å². The van der Waals surface area contributed by atoms with Gasteiger partial charge in [0.05, 0.1) is 10.5 Å². The minimum Gasteiger partial charge on any atom is -0.409 e. The molecule has 1 aromatic rings. The Morgan fingerprint density at radius 1 is 1.74 bits per heavy atom. The Morgan fingerprint density at radius 3 is 3.00 bits per heavy atom. The molecule has 0 aromatic carbocycles. The molecule has 8 heteroatoms. The van der Waals surface area contributed by atoms with Crippen molar-refractivity contribution >= 4 is 17.3 Å². The van der Waals surface area contributed by atoms with Gasteiger partial charge in [-0.15, -0.1) is 0 Å². The van der Waals surface area contributed by atoms with Gasteiger partial charge in [-0.3, -0.25) is 10.1 Å². The van der Waals surface area contributed by atoms with Gasteiger partial charge in [-0.2, -0.15) is 0 Å². The zero-order valence-corrected chi connectivity index (χ0v) is 10.5. The monoisotopic (exact) mass is 265 g/mol. The number of nitro groups is 1. The molecule has 0 aliphatic carbocycles. The molecule has 0 amide bonds. The predicted molar refractivity (Wildman–Crippen MR) is 69.4 cm³/mol. The van der Waals surface area contributed by atoms with Crippen molar-refractivity contribution in [3.8, 4) is 0 Å². The standard InChI is InChI=1S/C11H15N5O3/c1-7-2-3-15(6-7)11-9(10(12)14-17)4-8(5-13-11)16(18)19/h4-5,7,17H,2-3,6H2,1H3,(H2,12,14).